The van der Waals surface area contributed by atoms with E-state index in [1.807, 2.05) is 48.5 Å². The second-order valence-electron chi connectivity index (χ2n) is 6.35. The van der Waals surface area contributed by atoms with Crippen LogP contribution >= 0.6 is 12.4 Å². The van der Waals surface area contributed by atoms with Crippen molar-refractivity contribution < 1.29 is 9.53 Å². The van der Waals surface area contributed by atoms with Crippen LogP contribution in [-0.4, -0.2) is 12.7 Å². The summed E-state index contributed by atoms with van der Waals surface area (Å²) in [5, 5.41) is 2.76. The predicted octanol–water partition coefficient (Wildman–Crippen LogP) is 4.93. The number of nitrogens with two attached hydrogens (primary N) is 1. The van der Waals surface area contributed by atoms with Gasteiger partial charge in [-0.2, -0.15) is 0 Å². The Morgan fingerprint density at radius 2 is 1.44 bits per heavy atom. The van der Waals surface area contributed by atoms with E-state index in [-0.39, 0.29) is 18.3 Å². The smallest absolute Gasteiger partial charge is 0.411 e. The lowest BCUT2D eigenvalue weighted by molar-refractivity contribution is 0.158. The number of ether oxygens (including phenoxy) is 1. The van der Waals surface area contributed by atoms with E-state index in [2.05, 4.69) is 29.6 Å². The summed E-state index contributed by atoms with van der Waals surface area (Å²) < 4.78 is 5.53. The van der Waals surface area contributed by atoms with Crippen molar-refractivity contribution in [1.29, 1.82) is 0 Å². The van der Waals surface area contributed by atoms with E-state index in [1.165, 1.54) is 22.3 Å². The molecule has 0 heterocycles. The van der Waals surface area contributed by atoms with Gasteiger partial charge in [0.05, 0.1) is 0 Å². The number of nitrogens with one attached hydrogen (secondary N) is 1. The van der Waals surface area contributed by atoms with Gasteiger partial charge in [0.15, 0.2) is 0 Å². The second kappa shape index (κ2) is 8.25. The summed E-state index contributed by atoms with van der Waals surface area (Å²) in [6.45, 7) is 0.784. The minimum atomic E-state index is -0.452. The van der Waals surface area contributed by atoms with Gasteiger partial charge in [0.25, 0.3) is 0 Å². The molecule has 0 aliphatic heterocycles. The number of rotatable bonds is 4. The molecule has 0 unspecified atom stereocenters. The minimum Gasteiger partial charge on any atom is -0.448 e. The summed E-state index contributed by atoms with van der Waals surface area (Å²) >= 11 is 0. The lowest BCUT2D eigenvalue weighted by Gasteiger charge is -2.14. The van der Waals surface area contributed by atoms with Crippen LogP contribution in [0.2, 0.25) is 0 Å². The Morgan fingerprint density at radius 1 is 0.889 bits per heavy atom. The molecule has 1 amide bonds. The summed E-state index contributed by atoms with van der Waals surface area (Å²) in [4.78, 5) is 12.2. The van der Waals surface area contributed by atoms with Gasteiger partial charge >= 0.3 is 6.09 Å². The zero-order valence-corrected chi connectivity index (χ0v) is 15.5. The fourth-order valence-electron chi connectivity index (χ4n) is 3.48. The van der Waals surface area contributed by atoms with Crippen molar-refractivity contribution in [2.45, 2.75) is 12.5 Å². The summed E-state index contributed by atoms with van der Waals surface area (Å²) in [6, 6.07) is 24.0. The predicted molar refractivity (Wildman–Crippen MR) is 110 cm³/mol. The van der Waals surface area contributed by atoms with Gasteiger partial charge in [0, 0.05) is 18.2 Å². The first kappa shape index (κ1) is 19.0. The molecule has 1 aliphatic carbocycles. The fourth-order valence-corrected chi connectivity index (χ4v) is 3.48. The summed E-state index contributed by atoms with van der Waals surface area (Å²) in [5.74, 6) is 0.0627. The third-order valence-electron chi connectivity index (χ3n) is 4.78. The minimum absolute atomic E-state index is 0. The van der Waals surface area contributed by atoms with Crippen molar-refractivity contribution in [3.8, 4) is 11.1 Å². The van der Waals surface area contributed by atoms with Crippen LogP contribution < -0.4 is 11.1 Å². The molecule has 4 nitrogen and oxygen atoms in total. The van der Waals surface area contributed by atoms with Gasteiger partial charge in [0.1, 0.15) is 6.61 Å². The zero-order chi connectivity index (χ0) is 17.9. The number of anilines is 1. The maximum atomic E-state index is 12.2. The highest BCUT2D eigenvalue weighted by Gasteiger charge is 2.28. The molecular formula is C22H21ClN2O2. The number of halogens is 1. The highest BCUT2D eigenvalue weighted by Crippen LogP contribution is 2.44. The molecule has 3 aromatic rings. The molecule has 3 N–H and O–H groups in total. The van der Waals surface area contributed by atoms with Crippen LogP contribution in [0.5, 0.6) is 0 Å². The van der Waals surface area contributed by atoms with E-state index in [4.69, 9.17) is 10.5 Å². The van der Waals surface area contributed by atoms with Crippen molar-refractivity contribution >= 4 is 24.2 Å². The number of hydrogen-bond donors (Lipinski definition) is 2. The first-order valence-corrected chi connectivity index (χ1v) is 8.67. The Balaban J connectivity index is 0.00000210. The maximum Gasteiger partial charge on any atom is 0.411 e. The van der Waals surface area contributed by atoms with Gasteiger partial charge in [-0.05, 0) is 39.9 Å². The highest BCUT2D eigenvalue weighted by molar-refractivity contribution is 5.85. The number of benzene rings is 3. The van der Waals surface area contributed by atoms with Crippen LogP contribution in [0, 0.1) is 0 Å². The van der Waals surface area contributed by atoms with Crippen LogP contribution in [0.15, 0.2) is 72.8 Å². The Kier molecular flexibility index (Phi) is 5.79. The quantitative estimate of drug-likeness (QED) is 0.674. The van der Waals surface area contributed by atoms with Gasteiger partial charge in [-0.3, -0.25) is 5.32 Å². The molecular weight excluding hydrogens is 360 g/mol. The Hall–Kier alpha value is -2.82. The van der Waals surface area contributed by atoms with E-state index in [0.717, 1.165) is 5.56 Å². The monoisotopic (exact) mass is 380 g/mol. The third kappa shape index (κ3) is 3.82. The van der Waals surface area contributed by atoms with Gasteiger partial charge in [-0.1, -0.05) is 60.7 Å². The molecule has 0 radical (unpaired) electrons. The summed E-state index contributed by atoms with van der Waals surface area (Å²) in [7, 11) is 0. The first-order chi connectivity index (χ1) is 12.8. The molecule has 0 fully saturated rings. The van der Waals surface area contributed by atoms with Crippen LogP contribution in [0.25, 0.3) is 11.1 Å². The van der Waals surface area contributed by atoms with Crippen LogP contribution in [0.4, 0.5) is 10.5 Å². The molecule has 0 saturated heterocycles. The Labute approximate surface area is 164 Å². The van der Waals surface area contributed by atoms with Crippen molar-refractivity contribution in [3.63, 3.8) is 0 Å². The average Bonchev–Trinajstić information content (AvgIpc) is 3.01. The van der Waals surface area contributed by atoms with Crippen LogP contribution in [-0.2, 0) is 11.3 Å². The second-order valence-corrected chi connectivity index (χ2v) is 6.35. The highest BCUT2D eigenvalue weighted by atomic mass is 35.5. The number of amides is 1. The molecule has 0 aromatic heterocycles. The topological polar surface area (TPSA) is 64.3 Å². The fraction of sp³-hybridized carbons (Fsp3) is 0.136. The number of fused-ring (bicyclic) bond motifs is 3. The number of carbonyl (C=O) groups is 1. The molecule has 5 heteroatoms. The van der Waals surface area contributed by atoms with Crippen molar-refractivity contribution in [2.75, 3.05) is 11.9 Å². The van der Waals surface area contributed by atoms with E-state index in [0.29, 0.717) is 18.8 Å². The lowest BCUT2D eigenvalue weighted by atomic mass is 9.98. The molecule has 0 bridgehead atoms. The molecule has 138 valence electrons. The van der Waals surface area contributed by atoms with Gasteiger partial charge in [0.2, 0.25) is 0 Å². The Morgan fingerprint density at radius 3 is 2.00 bits per heavy atom. The molecule has 27 heavy (non-hydrogen) atoms. The number of carbonyl (C=O) groups excluding carboxylic acids is 1. The van der Waals surface area contributed by atoms with Gasteiger partial charge in [-0.15, -0.1) is 12.4 Å². The van der Waals surface area contributed by atoms with Crippen molar-refractivity contribution in [1.82, 2.24) is 0 Å². The average molecular weight is 381 g/mol. The van der Waals surface area contributed by atoms with E-state index < -0.39 is 6.09 Å². The van der Waals surface area contributed by atoms with Gasteiger partial charge in [-0.25, -0.2) is 4.79 Å². The largest absolute Gasteiger partial charge is 0.448 e. The zero-order valence-electron chi connectivity index (χ0n) is 14.7. The third-order valence-corrected chi connectivity index (χ3v) is 4.78. The number of hydrogen-bond acceptors (Lipinski definition) is 3. The summed E-state index contributed by atoms with van der Waals surface area (Å²) in [6.07, 6.45) is -0.452. The normalized spacial score (nSPS) is 11.9. The molecule has 0 spiro atoms. The standard InChI is InChI=1S/C22H20N2O2.ClH/c23-13-15-9-11-16(12-10-15)24-22(25)26-14-21-19-7-3-1-5-17(19)18-6-2-4-8-20(18)21;/h1-12,21H,13-14,23H2,(H,24,25);1H. The lowest BCUT2D eigenvalue weighted by Crippen LogP contribution is -2.17. The van der Waals surface area contributed by atoms with Gasteiger partial charge < -0.3 is 10.5 Å². The van der Waals surface area contributed by atoms with Crippen LogP contribution in [0.1, 0.15) is 22.6 Å². The van der Waals surface area contributed by atoms with E-state index >= 15 is 0 Å². The SMILES string of the molecule is Cl.NCc1ccc(NC(=O)OCC2c3ccccc3-c3ccccc32)cc1. The summed E-state index contributed by atoms with van der Waals surface area (Å²) in [5.41, 5.74) is 12.1. The Bertz CT molecular complexity index is 896. The molecule has 0 atom stereocenters. The molecule has 3 aromatic carbocycles. The van der Waals surface area contributed by atoms with Crippen molar-refractivity contribution in [2.24, 2.45) is 5.73 Å². The van der Waals surface area contributed by atoms with E-state index in [1.54, 1.807) is 0 Å². The first-order valence-electron chi connectivity index (χ1n) is 8.67. The van der Waals surface area contributed by atoms with Crippen molar-refractivity contribution in [3.05, 3.63) is 89.5 Å². The molecule has 0 saturated carbocycles. The maximum absolute atomic E-state index is 12.2. The van der Waals surface area contributed by atoms with Crippen LogP contribution in [0.3, 0.4) is 0 Å². The van der Waals surface area contributed by atoms with E-state index in [9.17, 15) is 4.79 Å². The molecule has 4 rings (SSSR count). The molecule has 1 aliphatic rings.